The number of carbonyl (C=O) groups excluding carboxylic acids is 1. The zero-order valence-corrected chi connectivity index (χ0v) is 13.4. The lowest BCUT2D eigenvalue weighted by Gasteiger charge is -2.29. The molecule has 1 aliphatic carbocycles. The Labute approximate surface area is 140 Å². The highest BCUT2D eigenvalue weighted by Crippen LogP contribution is 2.37. The summed E-state index contributed by atoms with van der Waals surface area (Å²) in [6.07, 6.45) is 2.24. The predicted molar refractivity (Wildman–Crippen MR) is 93.2 cm³/mol. The second-order valence-corrected chi connectivity index (χ2v) is 6.02. The summed E-state index contributed by atoms with van der Waals surface area (Å²) in [6.45, 7) is 2.04. The highest BCUT2D eigenvalue weighted by Gasteiger charge is 2.35. The van der Waals surface area contributed by atoms with Gasteiger partial charge in [-0.25, -0.2) is 4.79 Å². The van der Waals surface area contributed by atoms with Crippen molar-refractivity contribution in [3.63, 3.8) is 0 Å². The quantitative estimate of drug-likeness (QED) is 0.652. The Bertz CT molecular complexity index is 744. The third kappa shape index (κ3) is 3.53. The molecule has 6 nitrogen and oxygen atoms in total. The molecule has 6 heteroatoms. The van der Waals surface area contributed by atoms with Crippen LogP contribution < -0.4 is 10.2 Å². The van der Waals surface area contributed by atoms with Crippen LogP contribution in [-0.4, -0.2) is 17.0 Å². The number of nitro benzene ring substituents is 1. The van der Waals surface area contributed by atoms with Crippen molar-refractivity contribution in [2.45, 2.75) is 25.8 Å². The van der Waals surface area contributed by atoms with Gasteiger partial charge in [0.2, 0.25) is 0 Å². The van der Waals surface area contributed by atoms with Crippen LogP contribution in [0.4, 0.5) is 21.9 Å². The minimum atomic E-state index is -0.475. The van der Waals surface area contributed by atoms with E-state index in [1.54, 1.807) is 17.0 Å². The Morgan fingerprint density at radius 1 is 1.21 bits per heavy atom. The van der Waals surface area contributed by atoms with Gasteiger partial charge in [-0.05, 0) is 43.9 Å². The summed E-state index contributed by atoms with van der Waals surface area (Å²) in [5, 5.41) is 13.7. The van der Waals surface area contributed by atoms with Gasteiger partial charge in [0.25, 0.3) is 5.69 Å². The van der Waals surface area contributed by atoms with E-state index < -0.39 is 4.92 Å². The zero-order valence-electron chi connectivity index (χ0n) is 13.4. The number of hydrogen-bond acceptors (Lipinski definition) is 3. The largest absolute Gasteiger partial charge is 0.326 e. The number of para-hydroxylation sites is 1. The van der Waals surface area contributed by atoms with Crippen molar-refractivity contribution in [1.29, 1.82) is 0 Å². The first-order valence-corrected chi connectivity index (χ1v) is 7.96. The molecule has 0 aromatic heterocycles. The molecule has 1 aliphatic rings. The van der Waals surface area contributed by atoms with Crippen LogP contribution in [0.25, 0.3) is 0 Å². The van der Waals surface area contributed by atoms with Crippen molar-refractivity contribution in [2.75, 3.05) is 10.2 Å². The van der Waals surface area contributed by atoms with Crippen LogP contribution in [0, 0.1) is 16.0 Å². The van der Waals surface area contributed by atoms with Gasteiger partial charge in [0.15, 0.2) is 0 Å². The lowest BCUT2D eigenvalue weighted by atomic mass is 10.1. The lowest BCUT2D eigenvalue weighted by molar-refractivity contribution is -0.384. The first-order valence-electron chi connectivity index (χ1n) is 7.96. The molecule has 0 bridgehead atoms. The maximum atomic E-state index is 12.8. The zero-order chi connectivity index (χ0) is 17.1. The molecule has 1 saturated carbocycles. The molecule has 0 aliphatic heterocycles. The normalized spacial score (nSPS) is 14.7. The van der Waals surface area contributed by atoms with Gasteiger partial charge in [0.05, 0.1) is 4.92 Å². The maximum Gasteiger partial charge on any atom is 0.326 e. The minimum absolute atomic E-state index is 0.0469. The van der Waals surface area contributed by atoms with Gasteiger partial charge < -0.3 is 5.32 Å². The number of hydrogen-bond donors (Lipinski definition) is 1. The summed E-state index contributed by atoms with van der Waals surface area (Å²) < 4.78 is 0. The molecule has 0 saturated heterocycles. The topological polar surface area (TPSA) is 75.5 Å². The SMILES string of the molecule is C[C@@H](C1CC1)N(C(=O)Nc1cccc([N+](=O)[O-])c1)c1ccccc1. The van der Waals surface area contributed by atoms with Crippen LogP contribution in [0.3, 0.4) is 0 Å². The van der Waals surface area contributed by atoms with E-state index in [0.717, 1.165) is 18.5 Å². The second kappa shape index (κ2) is 6.70. The first-order chi connectivity index (χ1) is 11.6. The van der Waals surface area contributed by atoms with Crippen LogP contribution in [0.2, 0.25) is 0 Å². The summed E-state index contributed by atoms with van der Waals surface area (Å²) in [7, 11) is 0. The second-order valence-electron chi connectivity index (χ2n) is 6.02. The summed E-state index contributed by atoms with van der Waals surface area (Å²) >= 11 is 0. The van der Waals surface area contributed by atoms with Crippen molar-refractivity contribution in [3.8, 4) is 0 Å². The van der Waals surface area contributed by atoms with Crippen molar-refractivity contribution in [2.24, 2.45) is 5.92 Å². The van der Waals surface area contributed by atoms with Crippen LogP contribution in [0.15, 0.2) is 54.6 Å². The highest BCUT2D eigenvalue weighted by molar-refractivity contribution is 6.02. The fourth-order valence-corrected chi connectivity index (χ4v) is 2.80. The van der Waals surface area contributed by atoms with E-state index >= 15 is 0 Å². The molecule has 1 fully saturated rings. The van der Waals surface area contributed by atoms with Crippen molar-refractivity contribution in [3.05, 3.63) is 64.7 Å². The molecule has 24 heavy (non-hydrogen) atoms. The lowest BCUT2D eigenvalue weighted by Crippen LogP contribution is -2.42. The number of urea groups is 1. The summed E-state index contributed by atoms with van der Waals surface area (Å²) in [6, 6.07) is 15.2. The molecule has 3 rings (SSSR count). The van der Waals surface area contributed by atoms with Gasteiger partial charge in [-0.15, -0.1) is 0 Å². The average Bonchev–Trinajstić information content (AvgIpc) is 3.41. The summed E-state index contributed by atoms with van der Waals surface area (Å²) in [5.74, 6) is 0.501. The van der Waals surface area contributed by atoms with Crippen molar-refractivity contribution >= 4 is 23.1 Å². The van der Waals surface area contributed by atoms with Gasteiger partial charge in [-0.1, -0.05) is 24.3 Å². The number of nitro groups is 1. The highest BCUT2D eigenvalue weighted by atomic mass is 16.6. The number of rotatable bonds is 5. The molecule has 124 valence electrons. The Hall–Kier alpha value is -2.89. The Balaban J connectivity index is 1.83. The molecule has 2 aromatic rings. The standard InChI is InChI=1S/C18H19N3O3/c1-13(14-10-11-14)20(16-7-3-2-4-8-16)18(22)19-15-6-5-9-17(12-15)21(23)24/h2-9,12-14H,10-11H2,1H3,(H,19,22)/t13-/m0/s1. The number of nitrogens with one attached hydrogen (secondary N) is 1. The summed E-state index contributed by atoms with van der Waals surface area (Å²) in [5.41, 5.74) is 1.19. The van der Waals surface area contributed by atoms with E-state index in [9.17, 15) is 14.9 Å². The van der Waals surface area contributed by atoms with Crippen LogP contribution in [0.5, 0.6) is 0 Å². The van der Waals surface area contributed by atoms with E-state index in [4.69, 9.17) is 0 Å². The van der Waals surface area contributed by atoms with E-state index in [1.165, 1.54) is 12.1 Å². The molecule has 2 aromatic carbocycles. The smallest absolute Gasteiger partial charge is 0.307 e. The number of nitrogens with zero attached hydrogens (tertiary/aromatic N) is 2. The van der Waals surface area contributed by atoms with Crippen molar-refractivity contribution in [1.82, 2.24) is 0 Å². The monoisotopic (exact) mass is 325 g/mol. The number of anilines is 2. The number of benzene rings is 2. The van der Waals surface area contributed by atoms with E-state index in [1.807, 2.05) is 37.3 Å². The molecule has 0 spiro atoms. The van der Waals surface area contributed by atoms with E-state index in [-0.39, 0.29) is 17.8 Å². The van der Waals surface area contributed by atoms with Gasteiger partial charge >= 0.3 is 6.03 Å². The number of amides is 2. The van der Waals surface area contributed by atoms with Gasteiger partial charge in [-0.2, -0.15) is 0 Å². The summed E-state index contributed by atoms with van der Waals surface area (Å²) in [4.78, 5) is 25.0. The molecule has 0 radical (unpaired) electrons. The third-order valence-corrected chi connectivity index (χ3v) is 4.27. The molecular formula is C18H19N3O3. The van der Waals surface area contributed by atoms with Crippen LogP contribution >= 0.6 is 0 Å². The number of non-ortho nitro benzene ring substituents is 1. The van der Waals surface area contributed by atoms with Gasteiger partial charge in [-0.3, -0.25) is 15.0 Å². The van der Waals surface area contributed by atoms with Crippen molar-refractivity contribution < 1.29 is 9.72 Å². The Kier molecular flexibility index (Phi) is 4.46. The van der Waals surface area contributed by atoms with Crippen LogP contribution in [-0.2, 0) is 0 Å². The molecule has 0 heterocycles. The molecule has 1 N–H and O–H groups in total. The fraction of sp³-hybridized carbons (Fsp3) is 0.278. The predicted octanol–water partition coefficient (Wildman–Crippen LogP) is 4.43. The molecule has 2 amide bonds. The third-order valence-electron chi connectivity index (χ3n) is 4.27. The number of carbonyl (C=O) groups is 1. The molecular weight excluding hydrogens is 306 g/mol. The average molecular weight is 325 g/mol. The van der Waals surface area contributed by atoms with Crippen LogP contribution in [0.1, 0.15) is 19.8 Å². The van der Waals surface area contributed by atoms with E-state index in [0.29, 0.717) is 11.6 Å². The van der Waals surface area contributed by atoms with Gasteiger partial charge in [0.1, 0.15) is 0 Å². The van der Waals surface area contributed by atoms with Gasteiger partial charge in [0, 0.05) is 29.5 Å². The maximum absolute atomic E-state index is 12.8. The van der Waals surface area contributed by atoms with E-state index in [2.05, 4.69) is 5.32 Å². The fourth-order valence-electron chi connectivity index (χ4n) is 2.80. The Morgan fingerprint density at radius 3 is 2.54 bits per heavy atom. The Morgan fingerprint density at radius 2 is 1.92 bits per heavy atom. The minimum Gasteiger partial charge on any atom is -0.307 e. The molecule has 1 atom stereocenters. The first kappa shape index (κ1) is 16.0. The molecule has 0 unspecified atom stereocenters.